The number of ether oxygens (including phenoxy) is 2. The molecule has 3 aromatic rings. The van der Waals surface area contributed by atoms with Crippen LogP contribution in [0, 0.1) is 5.82 Å². The number of halogens is 4. The number of aromatic nitrogens is 1. The number of hydrogen-bond acceptors (Lipinski definition) is 3. The van der Waals surface area contributed by atoms with Crippen molar-refractivity contribution in [2.24, 2.45) is 0 Å². The molecule has 0 unspecified atom stereocenters. The second-order valence-electron chi connectivity index (χ2n) is 5.30. The fourth-order valence-electron chi connectivity index (χ4n) is 2.59. The molecule has 0 atom stereocenters. The monoisotopic (exact) mass is 455 g/mol. The quantitative estimate of drug-likeness (QED) is 0.440. The van der Waals surface area contributed by atoms with E-state index in [2.05, 4.69) is 20.9 Å². The van der Waals surface area contributed by atoms with E-state index >= 15 is 0 Å². The van der Waals surface area contributed by atoms with Crippen LogP contribution >= 0.6 is 39.1 Å². The first-order chi connectivity index (χ1) is 12.5. The largest absolute Gasteiger partial charge is 0.489 e. The Labute approximate surface area is 168 Å². The van der Waals surface area contributed by atoms with Crippen LogP contribution in [-0.4, -0.2) is 19.2 Å². The molecule has 3 nitrogen and oxygen atoms in total. The van der Waals surface area contributed by atoms with Crippen LogP contribution in [0.5, 0.6) is 11.6 Å². The fraction of sp³-hybridized carbons (Fsp3) is 0.105. The summed E-state index contributed by atoms with van der Waals surface area (Å²) in [6.07, 6.45) is 0. The van der Waals surface area contributed by atoms with Crippen LogP contribution in [0.1, 0.15) is 0 Å². The summed E-state index contributed by atoms with van der Waals surface area (Å²) in [5.41, 5.74) is 2.36. The molecule has 0 aliphatic carbocycles. The van der Waals surface area contributed by atoms with Crippen molar-refractivity contribution in [3.63, 3.8) is 0 Å². The summed E-state index contributed by atoms with van der Waals surface area (Å²) in [5, 5.41) is 0.949. The lowest BCUT2D eigenvalue weighted by Crippen LogP contribution is -1.99. The van der Waals surface area contributed by atoms with E-state index in [0.717, 1.165) is 10.0 Å². The number of hydrogen-bond donors (Lipinski definition) is 0. The highest BCUT2D eigenvalue weighted by Gasteiger charge is 2.19. The highest BCUT2D eigenvalue weighted by Crippen LogP contribution is 2.42. The van der Waals surface area contributed by atoms with Gasteiger partial charge in [0.25, 0.3) is 5.88 Å². The van der Waals surface area contributed by atoms with Crippen LogP contribution in [0.2, 0.25) is 10.0 Å². The number of pyridine rings is 1. The van der Waals surface area contributed by atoms with Crippen molar-refractivity contribution in [3.05, 3.63) is 62.8 Å². The Morgan fingerprint density at radius 1 is 0.923 bits per heavy atom. The third-order valence-corrected chi connectivity index (χ3v) is 5.51. The van der Waals surface area contributed by atoms with Gasteiger partial charge in [0.2, 0.25) is 5.75 Å². The minimum Gasteiger partial charge on any atom is -0.489 e. The third kappa shape index (κ3) is 3.39. The smallest absolute Gasteiger partial charge is 0.260 e. The van der Waals surface area contributed by atoms with E-state index in [1.165, 1.54) is 20.3 Å². The van der Waals surface area contributed by atoms with Gasteiger partial charge in [-0.2, -0.15) is 0 Å². The summed E-state index contributed by atoms with van der Waals surface area (Å²) >= 11 is 16.4. The van der Waals surface area contributed by atoms with E-state index < -0.39 is 5.82 Å². The average Bonchev–Trinajstić information content (AvgIpc) is 2.63. The number of benzene rings is 2. The highest BCUT2D eigenvalue weighted by molar-refractivity contribution is 9.10. The minimum atomic E-state index is -0.587. The van der Waals surface area contributed by atoms with Crippen LogP contribution in [0.25, 0.3) is 22.4 Å². The number of methoxy groups -OCH3 is 2. The van der Waals surface area contributed by atoms with Crippen molar-refractivity contribution in [2.75, 3.05) is 14.2 Å². The Balaban J connectivity index is 2.20. The van der Waals surface area contributed by atoms with Gasteiger partial charge in [-0.25, -0.2) is 9.37 Å². The second-order valence-corrected chi connectivity index (χ2v) is 6.91. The predicted molar refractivity (Wildman–Crippen MR) is 106 cm³/mol. The fourth-order valence-corrected chi connectivity index (χ4v) is 3.51. The highest BCUT2D eigenvalue weighted by atomic mass is 79.9. The van der Waals surface area contributed by atoms with Crippen LogP contribution < -0.4 is 9.47 Å². The first kappa shape index (κ1) is 19.0. The first-order valence-electron chi connectivity index (χ1n) is 7.49. The van der Waals surface area contributed by atoms with Crippen LogP contribution in [0.4, 0.5) is 4.39 Å². The molecule has 0 saturated heterocycles. The van der Waals surface area contributed by atoms with E-state index in [9.17, 15) is 4.39 Å². The van der Waals surface area contributed by atoms with Crippen molar-refractivity contribution in [2.45, 2.75) is 0 Å². The van der Waals surface area contributed by atoms with Gasteiger partial charge in [-0.05, 0) is 22.0 Å². The summed E-state index contributed by atoms with van der Waals surface area (Å²) in [6, 6.07) is 12.2. The summed E-state index contributed by atoms with van der Waals surface area (Å²) < 4.78 is 25.2. The van der Waals surface area contributed by atoms with Crippen LogP contribution in [0.15, 0.2) is 46.9 Å². The lowest BCUT2D eigenvalue weighted by atomic mass is 10.0. The Morgan fingerprint density at radius 2 is 1.54 bits per heavy atom. The average molecular weight is 457 g/mol. The topological polar surface area (TPSA) is 31.4 Å². The molecule has 26 heavy (non-hydrogen) atoms. The zero-order valence-corrected chi connectivity index (χ0v) is 16.9. The first-order valence-corrected chi connectivity index (χ1v) is 9.04. The van der Waals surface area contributed by atoms with Crippen molar-refractivity contribution in [1.82, 2.24) is 4.98 Å². The summed E-state index contributed by atoms with van der Waals surface area (Å²) in [6.45, 7) is 0. The molecule has 1 aromatic heterocycles. The van der Waals surface area contributed by atoms with E-state index in [1.807, 2.05) is 30.3 Å². The lowest BCUT2D eigenvalue weighted by Gasteiger charge is -2.14. The molecule has 0 spiro atoms. The Hall–Kier alpha value is -1.82. The molecule has 0 bridgehead atoms. The molecule has 3 rings (SSSR count). The van der Waals surface area contributed by atoms with Gasteiger partial charge in [0.15, 0.2) is 5.82 Å². The number of nitrogens with zero attached hydrogens (tertiary/aromatic N) is 1. The zero-order valence-electron chi connectivity index (χ0n) is 13.8. The SMILES string of the molecule is COc1nc(-c2cccc(-c3cccc(Br)c3Cl)c2Cl)cc(F)c1OC. The van der Waals surface area contributed by atoms with Crippen molar-refractivity contribution < 1.29 is 13.9 Å². The standard InChI is InChI=1S/C19H13BrCl2FNO2/c1-25-18-14(23)9-15(24-19(18)26-2)12-7-3-5-10(16(12)21)11-6-4-8-13(20)17(11)22/h3-9H,1-2H3. The maximum Gasteiger partial charge on any atom is 0.260 e. The lowest BCUT2D eigenvalue weighted by molar-refractivity contribution is 0.327. The molecule has 0 fully saturated rings. The molecule has 0 aliphatic heterocycles. The van der Waals surface area contributed by atoms with Crippen LogP contribution in [0.3, 0.4) is 0 Å². The third-order valence-electron chi connectivity index (χ3n) is 3.81. The van der Waals surface area contributed by atoms with Gasteiger partial charge in [-0.15, -0.1) is 0 Å². The van der Waals surface area contributed by atoms with Gasteiger partial charge in [0, 0.05) is 27.2 Å². The summed E-state index contributed by atoms with van der Waals surface area (Å²) in [4.78, 5) is 4.31. The Morgan fingerprint density at radius 3 is 2.19 bits per heavy atom. The molecule has 0 amide bonds. The second kappa shape index (κ2) is 7.82. The van der Waals surface area contributed by atoms with Gasteiger partial charge in [0.05, 0.1) is 30.0 Å². The molecule has 2 aromatic carbocycles. The molecular weight excluding hydrogens is 444 g/mol. The molecule has 0 radical (unpaired) electrons. The molecule has 134 valence electrons. The Kier molecular flexibility index (Phi) is 5.70. The number of rotatable bonds is 4. The van der Waals surface area contributed by atoms with Crippen molar-refractivity contribution in [1.29, 1.82) is 0 Å². The van der Waals surface area contributed by atoms with Gasteiger partial charge >= 0.3 is 0 Å². The van der Waals surface area contributed by atoms with E-state index in [-0.39, 0.29) is 11.6 Å². The predicted octanol–water partition coefficient (Wildman–Crippen LogP) is 6.64. The van der Waals surface area contributed by atoms with Crippen LogP contribution in [-0.2, 0) is 0 Å². The molecule has 0 N–H and O–H groups in total. The molecule has 0 saturated carbocycles. The van der Waals surface area contributed by atoms with Crippen molar-refractivity contribution in [3.8, 4) is 34.0 Å². The summed E-state index contributed by atoms with van der Waals surface area (Å²) in [5.74, 6) is -0.598. The molecular formula is C19H13BrCl2FNO2. The minimum absolute atomic E-state index is 0.0458. The normalized spacial score (nSPS) is 10.7. The maximum absolute atomic E-state index is 14.3. The van der Waals surface area contributed by atoms with E-state index in [1.54, 1.807) is 6.07 Å². The zero-order chi connectivity index (χ0) is 18.8. The van der Waals surface area contributed by atoms with Gasteiger partial charge in [0.1, 0.15) is 0 Å². The van der Waals surface area contributed by atoms with Gasteiger partial charge in [-0.3, -0.25) is 0 Å². The molecule has 1 heterocycles. The Bertz CT molecular complexity index is 982. The molecule has 0 aliphatic rings. The van der Waals surface area contributed by atoms with Gasteiger partial charge < -0.3 is 9.47 Å². The van der Waals surface area contributed by atoms with Gasteiger partial charge in [-0.1, -0.05) is 53.5 Å². The maximum atomic E-state index is 14.3. The van der Waals surface area contributed by atoms with Crippen molar-refractivity contribution >= 4 is 39.1 Å². The molecule has 7 heteroatoms. The van der Waals surface area contributed by atoms with E-state index in [0.29, 0.717) is 26.9 Å². The summed E-state index contributed by atoms with van der Waals surface area (Å²) in [7, 11) is 2.75. The van der Waals surface area contributed by atoms with E-state index in [4.69, 9.17) is 32.7 Å².